The minimum Gasteiger partial charge on any atom is -0.379 e. The van der Waals surface area contributed by atoms with Crippen LogP contribution in [0.25, 0.3) is 11.0 Å². The van der Waals surface area contributed by atoms with Crippen LogP contribution < -0.4 is 11.0 Å². The molecule has 2 fully saturated rings. The molecular formula is C20H26N4O4. The average molecular weight is 386 g/mol. The summed E-state index contributed by atoms with van der Waals surface area (Å²) in [6.45, 7) is 4.52. The molecule has 1 aromatic carbocycles. The number of aromatic nitrogens is 2. The van der Waals surface area contributed by atoms with Crippen molar-refractivity contribution in [2.24, 2.45) is 7.05 Å². The monoisotopic (exact) mass is 386 g/mol. The molecular weight excluding hydrogens is 360 g/mol. The van der Waals surface area contributed by atoms with Crippen LogP contribution in [0.4, 0.5) is 0 Å². The lowest BCUT2D eigenvalue weighted by Crippen LogP contribution is -2.44. The molecule has 2 aliphatic rings. The summed E-state index contributed by atoms with van der Waals surface area (Å²) in [5, 5.41) is 2.35. The number of carbonyl (C=O) groups excluding carboxylic acids is 2. The summed E-state index contributed by atoms with van der Waals surface area (Å²) < 4.78 is 8.56. The van der Waals surface area contributed by atoms with Gasteiger partial charge in [0.1, 0.15) is 6.04 Å². The average Bonchev–Trinajstić information content (AvgIpc) is 2.94. The van der Waals surface area contributed by atoms with Gasteiger partial charge in [0.15, 0.2) is 0 Å². The normalized spacial score (nSPS) is 21.2. The van der Waals surface area contributed by atoms with E-state index in [1.54, 1.807) is 16.2 Å². The minimum atomic E-state index is -0.641. The zero-order chi connectivity index (χ0) is 19.7. The fourth-order valence-electron chi connectivity index (χ4n) is 4.27. The first-order valence-electron chi connectivity index (χ1n) is 9.89. The molecule has 0 spiro atoms. The number of imide groups is 1. The molecule has 3 heterocycles. The summed E-state index contributed by atoms with van der Waals surface area (Å²) in [4.78, 5) is 39.1. The first-order chi connectivity index (χ1) is 13.6. The Bertz CT molecular complexity index is 955. The Labute approximate surface area is 163 Å². The van der Waals surface area contributed by atoms with Crippen molar-refractivity contribution in [2.75, 3.05) is 32.8 Å². The van der Waals surface area contributed by atoms with Gasteiger partial charge in [-0.25, -0.2) is 4.79 Å². The summed E-state index contributed by atoms with van der Waals surface area (Å²) in [6, 6.07) is 5.23. The van der Waals surface area contributed by atoms with Gasteiger partial charge in [-0.15, -0.1) is 0 Å². The number of nitrogens with zero attached hydrogens (tertiary/aromatic N) is 3. The molecule has 28 heavy (non-hydrogen) atoms. The smallest absolute Gasteiger partial charge is 0.329 e. The number of hydrogen-bond donors (Lipinski definition) is 1. The van der Waals surface area contributed by atoms with Gasteiger partial charge >= 0.3 is 5.69 Å². The van der Waals surface area contributed by atoms with Crippen molar-refractivity contribution in [3.05, 3.63) is 34.2 Å². The Balaban J connectivity index is 1.60. The highest BCUT2D eigenvalue weighted by Crippen LogP contribution is 2.25. The number of aryl methyl sites for hydroxylation is 2. The van der Waals surface area contributed by atoms with Crippen LogP contribution in [0.3, 0.4) is 0 Å². The van der Waals surface area contributed by atoms with E-state index in [-0.39, 0.29) is 18.0 Å². The number of para-hydroxylation sites is 1. The SMILES string of the molecule is Cn1c(=O)n(C2CCC(=O)NC2=O)c2cccc(CCCN3CCOCC3)c21. The maximum Gasteiger partial charge on any atom is 0.329 e. The quantitative estimate of drug-likeness (QED) is 0.760. The van der Waals surface area contributed by atoms with Crippen molar-refractivity contribution in [3.63, 3.8) is 0 Å². The van der Waals surface area contributed by atoms with E-state index < -0.39 is 11.9 Å². The molecule has 1 atom stereocenters. The molecule has 150 valence electrons. The topological polar surface area (TPSA) is 85.6 Å². The zero-order valence-corrected chi connectivity index (χ0v) is 16.1. The number of carbonyl (C=O) groups is 2. The highest BCUT2D eigenvalue weighted by atomic mass is 16.5. The molecule has 4 rings (SSSR count). The molecule has 0 saturated carbocycles. The zero-order valence-electron chi connectivity index (χ0n) is 16.1. The number of rotatable bonds is 5. The second kappa shape index (κ2) is 7.89. The van der Waals surface area contributed by atoms with Gasteiger partial charge in [0.25, 0.3) is 0 Å². The fourth-order valence-corrected chi connectivity index (χ4v) is 4.27. The van der Waals surface area contributed by atoms with E-state index >= 15 is 0 Å². The molecule has 8 nitrogen and oxygen atoms in total. The third-order valence-electron chi connectivity index (χ3n) is 5.73. The largest absolute Gasteiger partial charge is 0.379 e. The first-order valence-corrected chi connectivity index (χ1v) is 9.89. The van der Waals surface area contributed by atoms with Gasteiger partial charge in [-0.2, -0.15) is 0 Å². The van der Waals surface area contributed by atoms with Crippen LogP contribution in [0, 0.1) is 0 Å². The van der Waals surface area contributed by atoms with Gasteiger partial charge in [0.2, 0.25) is 11.8 Å². The molecule has 1 N–H and O–H groups in total. The van der Waals surface area contributed by atoms with Crippen molar-refractivity contribution < 1.29 is 14.3 Å². The molecule has 2 aliphatic heterocycles. The van der Waals surface area contributed by atoms with Crippen molar-refractivity contribution in [1.82, 2.24) is 19.4 Å². The second-order valence-corrected chi connectivity index (χ2v) is 7.52. The minimum absolute atomic E-state index is 0.217. The number of nitrogens with one attached hydrogen (secondary N) is 1. The van der Waals surface area contributed by atoms with Crippen LogP contribution in [0.15, 0.2) is 23.0 Å². The predicted molar refractivity (Wildman–Crippen MR) is 104 cm³/mol. The van der Waals surface area contributed by atoms with E-state index in [0.29, 0.717) is 6.42 Å². The number of morpholine rings is 1. The number of amides is 2. The number of fused-ring (bicyclic) bond motifs is 1. The predicted octanol–water partition coefficient (Wildman–Crippen LogP) is 0.583. The highest BCUT2D eigenvalue weighted by molar-refractivity contribution is 6.00. The number of piperidine rings is 1. The number of ether oxygens (including phenoxy) is 1. The summed E-state index contributed by atoms with van der Waals surface area (Å²) >= 11 is 0. The molecule has 2 saturated heterocycles. The third-order valence-corrected chi connectivity index (χ3v) is 5.73. The van der Waals surface area contributed by atoms with E-state index in [4.69, 9.17) is 4.74 Å². The Morgan fingerprint density at radius 3 is 2.71 bits per heavy atom. The van der Waals surface area contributed by atoms with Gasteiger partial charge in [0.05, 0.1) is 24.2 Å². The summed E-state index contributed by atoms with van der Waals surface area (Å²) in [5.41, 5.74) is 2.52. The highest BCUT2D eigenvalue weighted by Gasteiger charge is 2.31. The fraction of sp³-hybridized carbons (Fsp3) is 0.550. The second-order valence-electron chi connectivity index (χ2n) is 7.52. The summed E-state index contributed by atoms with van der Waals surface area (Å²) in [6.07, 6.45) is 2.46. The van der Waals surface area contributed by atoms with E-state index in [9.17, 15) is 14.4 Å². The lowest BCUT2D eigenvalue weighted by Gasteiger charge is -2.26. The van der Waals surface area contributed by atoms with Crippen molar-refractivity contribution >= 4 is 22.8 Å². The Kier molecular flexibility index (Phi) is 5.32. The van der Waals surface area contributed by atoms with Crippen molar-refractivity contribution in [1.29, 1.82) is 0 Å². The van der Waals surface area contributed by atoms with Crippen LogP contribution >= 0.6 is 0 Å². The molecule has 0 radical (unpaired) electrons. The van der Waals surface area contributed by atoms with E-state index in [0.717, 1.165) is 62.3 Å². The maximum atomic E-state index is 12.9. The van der Waals surface area contributed by atoms with Crippen LogP contribution in [0.2, 0.25) is 0 Å². The van der Waals surface area contributed by atoms with Gasteiger partial charge in [-0.1, -0.05) is 12.1 Å². The Hall–Kier alpha value is -2.45. The standard InChI is InChI=1S/C20H26N4O4/c1-22-18-14(5-3-9-23-10-12-28-13-11-23)4-2-6-15(18)24(20(22)27)16-7-8-17(25)21-19(16)26/h2,4,6,16H,3,5,7-13H2,1H3,(H,21,25,26). The molecule has 1 unspecified atom stereocenters. The van der Waals surface area contributed by atoms with Crippen LogP contribution in [-0.2, 0) is 27.8 Å². The Morgan fingerprint density at radius 1 is 1.18 bits per heavy atom. The van der Waals surface area contributed by atoms with Crippen LogP contribution in [-0.4, -0.2) is 58.7 Å². The van der Waals surface area contributed by atoms with Gasteiger partial charge in [-0.3, -0.25) is 28.9 Å². The van der Waals surface area contributed by atoms with Gasteiger partial charge in [-0.05, 0) is 37.4 Å². The molecule has 2 aromatic rings. The number of benzene rings is 1. The van der Waals surface area contributed by atoms with E-state index in [1.165, 1.54) is 0 Å². The molecule has 2 amide bonds. The van der Waals surface area contributed by atoms with Crippen LogP contribution in [0.5, 0.6) is 0 Å². The third kappa shape index (κ3) is 3.49. The molecule has 8 heteroatoms. The van der Waals surface area contributed by atoms with Gasteiger partial charge in [0, 0.05) is 26.6 Å². The van der Waals surface area contributed by atoms with Gasteiger partial charge < -0.3 is 4.74 Å². The number of hydrogen-bond acceptors (Lipinski definition) is 5. The lowest BCUT2D eigenvalue weighted by molar-refractivity contribution is -0.135. The molecule has 0 aliphatic carbocycles. The lowest BCUT2D eigenvalue weighted by atomic mass is 10.0. The van der Waals surface area contributed by atoms with Crippen molar-refractivity contribution in [2.45, 2.75) is 31.7 Å². The first kappa shape index (κ1) is 18.9. The Morgan fingerprint density at radius 2 is 1.96 bits per heavy atom. The maximum absolute atomic E-state index is 12.9. The van der Waals surface area contributed by atoms with E-state index in [1.807, 2.05) is 12.1 Å². The molecule has 0 bridgehead atoms. The molecule has 1 aromatic heterocycles. The van der Waals surface area contributed by atoms with E-state index in [2.05, 4.69) is 16.3 Å². The summed E-state index contributed by atoms with van der Waals surface area (Å²) in [5.74, 6) is -0.679. The summed E-state index contributed by atoms with van der Waals surface area (Å²) in [7, 11) is 1.75. The number of imidazole rings is 1. The van der Waals surface area contributed by atoms with Crippen molar-refractivity contribution in [3.8, 4) is 0 Å². The van der Waals surface area contributed by atoms with Crippen LogP contribution in [0.1, 0.15) is 30.9 Å².